The molecule has 1 atom stereocenters. The molecule has 1 aromatic rings. The summed E-state index contributed by atoms with van der Waals surface area (Å²) in [6, 6.07) is 8.40. The average Bonchev–Trinajstić information content (AvgIpc) is 2.83. The van der Waals surface area contributed by atoms with Crippen LogP contribution in [0.25, 0.3) is 0 Å². The van der Waals surface area contributed by atoms with Crippen LogP contribution in [0.4, 0.5) is 5.69 Å². The molecule has 2 aliphatic rings. The molecular weight excluding hydrogens is 222 g/mol. The summed E-state index contributed by atoms with van der Waals surface area (Å²) in [4.78, 5) is 12.3. The zero-order chi connectivity index (χ0) is 12.4. The largest absolute Gasteiger partial charge is 0.384 e. The Hall–Kier alpha value is -1.31. The smallest absolute Gasteiger partial charge is 0.136 e. The van der Waals surface area contributed by atoms with E-state index in [-0.39, 0.29) is 0 Å². The Kier molecular flexibility index (Phi) is 3.35. The van der Waals surface area contributed by atoms with Gasteiger partial charge in [-0.15, -0.1) is 0 Å². The van der Waals surface area contributed by atoms with Gasteiger partial charge in [-0.05, 0) is 24.5 Å². The number of ketones is 1. The van der Waals surface area contributed by atoms with Gasteiger partial charge in [0.15, 0.2) is 0 Å². The monoisotopic (exact) mass is 243 g/mol. The Morgan fingerprint density at radius 2 is 1.94 bits per heavy atom. The summed E-state index contributed by atoms with van der Waals surface area (Å²) in [5.41, 5.74) is 2.56. The van der Waals surface area contributed by atoms with E-state index in [1.807, 2.05) is 0 Å². The number of Topliss-reactive ketones (excluding diaryl/α,β-unsaturated/α-hetero) is 1. The molecule has 1 N–H and O–H groups in total. The normalized spacial score (nSPS) is 23.4. The Labute approximate surface area is 109 Å². The minimum atomic E-state index is 0.353. The molecule has 0 saturated heterocycles. The SMILES string of the molecule is O=C(CC1CNc2ccccc21)C1CCCCC1. The van der Waals surface area contributed by atoms with E-state index in [2.05, 4.69) is 29.6 Å². The highest BCUT2D eigenvalue weighted by Crippen LogP contribution is 2.35. The molecule has 1 heterocycles. The van der Waals surface area contributed by atoms with E-state index >= 15 is 0 Å². The summed E-state index contributed by atoms with van der Waals surface area (Å²) in [5, 5.41) is 3.41. The first kappa shape index (κ1) is 11.8. The van der Waals surface area contributed by atoms with Crippen molar-refractivity contribution in [1.82, 2.24) is 0 Å². The molecule has 0 spiro atoms. The standard InChI is InChI=1S/C16H21NO/c18-16(12-6-2-1-3-7-12)10-13-11-17-15-9-5-4-8-14(13)15/h4-5,8-9,12-13,17H,1-3,6-7,10-11H2. The lowest BCUT2D eigenvalue weighted by Gasteiger charge is -2.21. The summed E-state index contributed by atoms with van der Waals surface area (Å²) in [5.74, 6) is 1.25. The van der Waals surface area contributed by atoms with Gasteiger partial charge in [-0.1, -0.05) is 37.5 Å². The molecular formula is C16H21NO. The average molecular weight is 243 g/mol. The number of carbonyl (C=O) groups is 1. The van der Waals surface area contributed by atoms with Gasteiger partial charge in [0.1, 0.15) is 5.78 Å². The molecule has 18 heavy (non-hydrogen) atoms. The fourth-order valence-corrected chi connectivity index (χ4v) is 3.37. The molecule has 3 rings (SSSR count). The number of hydrogen-bond donors (Lipinski definition) is 1. The van der Waals surface area contributed by atoms with Crippen molar-refractivity contribution in [3.8, 4) is 0 Å². The maximum atomic E-state index is 12.3. The third kappa shape index (κ3) is 2.29. The number of hydrogen-bond acceptors (Lipinski definition) is 2. The van der Waals surface area contributed by atoms with Crippen LogP contribution in [0.3, 0.4) is 0 Å². The number of nitrogens with one attached hydrogen (secondary N) is 1. The van der Waals surface area contributed by atoms with Crippen molar-refractivity contribution in [1.29, 1.82) is 0 Å². The summed E-state index contributed by atoms with van der Waals surface area (Å²) in [6.07, 6.45) is 6.79. The summed E-state index contributed by atoms with van der Waals surface area (Å²) in [6.45, 7) is 0.928. The van der Waals surface area contributed by atoms with Gasteiger partial charge in [-0.3, -0.25) is 4.79 Å². The molecule has 0 amide bonds. The Balaban J connectivity index is 1.65. The van der Waals surface area contributed by atoms with Gasteiger partial charge in [0.25, 0.3) is 0 Å². The van der Waals surface area contributed by atoms with E-state index in [9.17, 15) is 4.79 Å². The van der Waals surface area contributed by atoms with Crippen LogP contribution in [0.15, 0.2) is 24.3 Å². The van der Waals surface area contributed by atoms with Gasteiger partial charge in [-0.2, -0.15) is 0 Å². The molecule has 2 heteroatoms. The molecule has 0 bridgehead atoms. The molecule has 1 fully saturated rings. The van der Waals surface area contributed by atoms with Crippen molar-refractivity contribution in [2.24, 2.45) is 5.92 Å². The van der Waals surface area contributed by atoms with Crippen LogP contribution in [0.5, 0.6) is 0 Å². The minimum absolute atomic E-state index is 0.353. The third-order valence-electron chi connectivity index (χ3n) is 4.45. The molecule has 1 aliphatic carbocycles. The van der Waals surface area contributed by atoms with Gasteiger partial charge in [-0.25, -0.2) is 0 Å². The van der Waals surface area contributed by atoms with E-state index in [4.69, 9.17) is 0 Å². The van der Waals surface area contributed by atoms with E-state index in [1.54, 1.807) is 0 Å². The maximum Gasteiger partial charge on any atom is 0.136 e. The highest BCUT2D eigenvalue weighted by Gasteiger charge is 2.28. The van der Waals surface area contributed by atoms with Crippen LogP contribution >= 0.6 is 0 Å². The van der Waals surface area contributed by atoms with Crippen molar-refractivity contribution in [2.75, 3.05) is 11.9 Å². The summed E-state index contributed by atoms with van der Waals surface area (Å²) in [7, 11) is 0. The van der Waals surface area contributed by atoms with Crippen LogP contribution in [0.1, 0.15) is 50.0 Å². The predicted molar refractivity (Wildman–Crippen MR) is 73.9 cm³/mol. The molecule has 1 aromatic carbocycles. The topological polar surface area (TPSA) is 29.1 Å². The number of carbonyl (C=O) groups excluding carboxylic acids is 1. The third-order valence-corrected chi connectivity index (χ3v) is 4.45. The van der Waals surface area contributed by atoms with Crippen LogP contribution < -0.4 is 5.32 Å². The van der Waals surface area contributed by atoms with Gasteiger partial charge in [0, 0.05) is 30.5 Å². The second kappa shape index (κ2) is 5.13. The first-order chi connectivity index (χ1) is 8.84. The first-order valence-corrected chi connectivity index (χ1v) is 7.20. The molecule has 1 aliphatic heterocycles. The molecule has 1 unspecified atom stereocenters. The minimum Gasteiger partial charge on any atom is -0.384 e. The Morgan fingerprint density at radius 1 is 1.17 bits per heavy atom. The van der Waals surface area contributed by atoms with Crippen molar-refractivity contribution < 1.29 is 4.79 Å². The van der Waals surface area contributed by atoms with Gasteiger partial charge in [0.05, 0.1) is 0 Å². The lowest BCUT2D eigenvalue weighted by Crippen LogP contribution is -2.20. The fraction of sp³-hybridized carbons (Fsp3) is 0.562. The summed E-state index contributed by atoms with van der Waals surface area (Å²) < 4.78 is 0. The number of benzene rings is 1. The highest BCUT2D eigenvalue weighted by atomic mass is 16.1. The van der Waals surface area contributed by atoms with Crippen LogP contribution in [-0.2, 0) is 4.79 Å². The first-order valence-electron chi connectivity index (χ1n) is 7.20. The van der Waals surface area contributed by atoms with Crippen LogP contribution in [-0.4, -0.2) is 12.3 Å². The number of fused-ring (bicyclic) bond motifs is 1. The van der Waals surface area contributed by atoms with Gasteiger partial charge >= 0.3 is 0 Å². The van der Waals surface area contributed by atoms with Crippen molar-refractivity contribution in [2.45, 2.75) is 44.4 Å². The van der Waals surface area contributed by atoms with E-state index < -0.39 is 0 Å². The van der Waals surface area contributed by atoms with Gasteiger partial charge < -0.3 is 5.32 Å². The highest BCUT2D eigenvalue weighted by molar-refractivity contribution is 5.82. The van der Waals surface area contributed by atoms with Gasteiger partial charge in [0.2, 0.25) is 0 Å². The van der Waals surface area contributed by atoms with E-state index in [1.165, 1.54) is 30.5 Å². The summed E-state index contributed by atoms with van der Waals surface area (Å²) >= 11 is 0. The maximum absolute atomic E-state index is 12.3. The van der Waals surface area contributed by atoms with Crippen molar-refractivity contribution >= 4 is 11.5 Å². The Morgan fingerprint density at radius 3 is 2.78 bits per heavy atom. The molecule has 96 valence electrons. The quantitative estimate of drug-likeness (QED) is 0.876. The zero-order valence-corrected chi connectivity index (χ0v) is 10.8. The van der Waals surface area contributed by atoms with E-state index in [0.717, 1.165) is 25.8 Å². The zero-order valence-electron chi connectivity index (χ0n) is 10.8. The fourth-order valence-electron chi connectivity index (χ4n) is 3.37. The number of para-hydroxylation sites is 1. The number of anilines is 1. The molecule has 1 saturated carbocycles. The van der Waals surface area contributed by atoms with E-state index in [0.29, 0.717) is 17.6 Å². The lowest BCUT2D eigenvalue weighted by molar-refractivity contribution is -0.124. The second-order valence-electron chi connectivity index (χ2n) is 5.67. The second-order valence-corrected chi connectivity index (χ2v) is 5.67. The van der Waals surface area contributed by atoms with Crippen molar-refractivity contribution in [3.63, 3.8) is 0 Å². The van der Waals surface area contributed by atoms with Crippen LogP contribution in [0.2, 0.25) is 0 Å². The van der Waals surface area contributed by atoms with Crippen molar-refractivity contribution in [3.05, 3.63) is 29.8 Å². The number of rotatable bonds is 3. The predicted octanol–water partition coefficient (Wildman–Crippen LogP) is 3.74. The Bertz CT molecular complexity index is 434. The van der Waals surface area contributed by atoms with Crippen LogP contribution in [0, 0.1) is 5.92 Å². The molecule has 2 nitrogen and oxygen atoms in total. The molecule has 0 radical (unpaired) electrons. The molecule has 0 aromatic heterocycles. The lowest BCUT2D eigenvalue weighted by atomic mass is 9.82.